The highest BCUT2D eigenvalue weighted by atomic mass is 14.9. The molecule has 1 aliphatic rings. The first kappa shape index (κ1) is 7.12. The van der Waals surface area contributed by atoms with Crippen LogP contribution in [-0.2, 0) is 0 Å². The molecule has 0 aromatic carbocycles. The molecule has 2 nitrogen and oxygen atoms in total. The van der Waals surface area contributed by atoms with Gasteiger partial charge in [0.05, 0.1) is 18.0 Å². The van der Waals surface area contributed by atoms with Crippen molar-refractivity contribution in [2.45, 2.75) is 18.9 Å². The van der Waals surface area contributed by atoms with E-state index < -0.39 is 0 Å². The van der Waals surface area contributed by atoms with Crippen LogP contribution in [0.5, 0.6) is 0 Å². The van der Waals surface area contributed by atoms with Crippen LogP contribution in [0.2, 0.25) is 0 Å². The van der Waals surface area contributed by atoms with Crippen LogP contribution in [0.3, 0.4) is 0 Å². The van der Waals surface area contributed by atoms with Crippen molar-refractivity contribution in [3.8, 4) is 18.4 Å². The maximum absolute atomic E-state index is 8.51. The number of hydrogen-bond donors (Lipinski definition) is 1. The molecule has 1 rings (SSSR count). The standard InChI is InChI=1S/C8H10N2/c1-2-8-4-3-7(5-9)6-10-8/h1,7-8,10H,3-4,6H2. The first-order chi connectivity index (χ1) is 4.86. The van der Waals surface area contributed by atoms with E-state index in [1.54, 1.807) is 0 Å². The minimum absolute atomic E-state index is 0.171. The van der Waals surface area contributed by atoms with Crippen LogP contribution in [0.15, 0.2) is 0 Å². The maximum atomic E-state index is 8.51. The van der Waals surface area contributed by atoms with Crippen molar-refractivity contribution in [2.75, 3.05) is 6.54 Å². The molecule has 0 aromatic heterocycles. The number of hydrogen-bond acceptors (Lipinski definition) is 2. The molecule has 1 saturated heterocycles. The summed E-state index contributed by atoms with van der Waals surface area (Å²) in [6, 6.07) is 2.42. The molecule has 10 heavy (non-hydrogen) atoms. The van der Waals surface area contributed by atoms with Gasteiger partial charge in [-0.2, -0.15) is 5.26 Å². The number of rotatable bonds is 0. The minimum atomic E-state index is 0.171. The summed E-state index contributed by atoms with van der Waals surface area (Å²) in [6.07, 6.45) is 7.08. The average molecular weight is 134 g/mol. The van der Waals surface area contributed by atoms with E-state index in [1.807, 2.05) is 0 Å². The van der Waals surface area contributed by atoms with Gasteiger partial charge in [0.25, 0.3) is 0 Å². The SMILES string of the molecule is C#CC1CCC(C#N)CN1. The Hall–Kier alpha value is -0.990. The van der Waals surface area contributed by atoms with Gasteiger partial charge in [0, 0.05) is 6.54 Å². The molecule has 1 fully saturated rings. The lowest BCUT2D eigenvalue weighted by Gasteiger charge is -2.21. The molecule has 0 aromatic rings. The molecule has 2 heteroatoms. The second-order valence-corrected chi connectivity index (χ2v) is 2.53. The maximum Gasteiger partial charge on any atom is 0.0687 e. The smallest absolute Gasteiger partial charge is 0.0687 e. The number of piperidine rings is 1. The molecule has 1 aliphatic heterocycles. The molecule has 1 heterocycles. The van der Waals surface area contributed by atoms with Gasteiger partial charge in [-0.1, -0.05) is 5.92 Å². The Kier molecular flexibility index (Phi) is 2.31. The van der Waals surface area contributed by atoms with Gasteiger partial charge >= 0.3 is 0 Å². The summed E-state index contributed by atoms with van der Waals surface area (Å²) in [7, 11) is 0. The molecule has 0 radical (unpaired) electrons. The first-order valence-corrected chi connectivity index (χ1v) is 3.46. The highest BCUT2D eigenvalue weighted by molar-refractivity contribution is 5.03. The Bertz CT molecular complexity index is 154. The Morgan fingerprint density at radius 2 is 2.30 bits per heavy atom. The number of nitrogens with zero attached hydrogens (tertiary/aromatic N) is 1. The van der Waals surface area contributed by atoms with Crippen molar-refractivity contribution in [3.63, 3.8) is 0 Å². The Labute approximate surface area is 61.2 Å². The predicted octanol–water partition coefficient (Wildman–Crippen LogP) is 0.511. The van der Waals surface area contributed by atoms with Gasteiger partial charge in [-0.15, -0.1) is 6.42 Å². The molecule has 0 spiro atoms. The van der Waals surface area contributed by atoms with Crippen molar-refractivity contribution >= 4 is 0 Å². The summed E-state index contributed by atoms with van der Waals surface area (Å²) < 4.78 is 0. The zero-order valence-corrected chi connectivity index (χ0v) is 5.80. The van der Waals surface area contributed by atoms with Gasteiger partial charge < -0.3 is 5.32 Å². The topological polar surface area (TPSA) is 35.8 Å². The van der Waals surface area contributed by atoms with Crippen LogP contribution in [0.4, 0.5) is 0 Å². The van der Waals surface area contributed by atoms with Gasteiger partial charge in [0.15, 0.2) is 0 Å². The highest BCUT2D eigenvalue weighted by Crippen LogP contribution is 2.12. The van der Waals surface area contributed by atoms with E-state index in [0.717, 1.165) is 19.4 Å². The zero-order valence-electron chi connectivity index (χ0n) is 5.80. The quantitative estimate of drug-likeness (QED) is 0.490. The van der Waals surface area contributed by atoms with Crippen molar-refractivity contribution in [1.29, 1.82) is 5.26 Å². The van der Waals surface area contributed by atoms with Gasteiger partial charge in [0.2, 0.25) is 0 Å². The van der Waals surface area contributed by atoms with Crippen molar-refractivity contribution < 1.29 is 0 Å². The van der Waals surface area contributed by atoms with Gasteiger partial charge in [-0.05, 0) is 12.8 Å². The first-order valence-electron chi connectivity index (χ1n) is 3.46. The predicted molar refractivity (Wildman–Crippen MR) is 39.0 cm³/mol. The van der Waals surface area contributed by atoms with E-state index in [-0.39, 0.29) is 12.0 Å². The largest absolute Gasteiger partial charge is 0.302 e. The number of nitrogens with one attached hydrogen (secondary N) is 1. The monoisotopic (exact) mass is 134 g/mol. The Morgan fingerprint density at radius 3 is 2.70 bits per heavy atom. The molecule has 2 atom stereocenters. The lowest BCUT2D eigenvalue weighted by atomic mass is 9.96. The van der Waals surface area contributed by atoms with Gasteiger partial charge in [-0.25, -0.2) is 0 Å². The zero-order chi connectivity index (χ0) is 7.40. The van der Waals surface area contributed by atoms with E-state index >= 15 is 0 Å². The van der Waals surface area contributed by atoms with E-state index in [2.05, 4.69) is 17.3 Å². The van der Waals surface area contributed by atoms with Gasteiger partial charge in [0.1, 0.15) is 0 Å². The Morgan fingerprint density at radius 1 is 1.50 bits per heavy atom. The average Bonchev–Trinajstić information content (AvgIpc) is 2.05. The third kappa shape index (κ3) is 1.50. The lowest BCUT2D eigenvalue weighted by molar-refractivity contribution is 0.403. The second kappa shape index (κ2) is 3.25. The van der Waals surface area contributed by atoms with Crippen molar-refractivity contribution in [1.82, 2.24) is 5.32 Å². The minimum Gasteiger partial charge on any atom is -0.302 e. The van der Waals surface area contributed by atoms with Crippen LogP contribution >= 0.6 is 0 Å². The van der Waals surface area contributed by atoms with Crippen LogP contribution in [-0.4, -0.2) is 12.6 Å². The molecular formula is C8H10N2. The summed E-state index contributed by atoms with van der Waals surface area (Å²) in [4.78, 5) is 0. The van der Waals surface area contributed by atoms with E-state index in [4.69, 9.17) is 11.7 Å². The fraction of sp³-hybridized carbons (Fsp3) is 0.625. The molecular weight excluding hydrogens is 124 g/mol. The fourth-order valence-corrected chi connectivity index (χ4v) is 1.11. The van der Waals surface area contributed by atoms with Crippen LogP contribution in [0.25, 0.3) is 0 Å². The number of terminal acetylenes is 1. The second-order valence-electron chi connectivity index (χ2n) is 2.53. The van der Waals surface area contributed by atoms with E-state index in [1.165, 1.54) is 0 Å². The third-order valence-corrected chi connectivity index (χ3v) is 1.80. The summed E-state index contributed by atoms with van der Waals surface area (Å²) in [5, 5.41) is 11.6. The third-order valence-electron chi connectivity index (χ3n) is 1.80. The van der Waals surface area contributed by atoms with Gasteiger partial charge in [-0.3, -0.25) is 0 Å². The van der Waals surface area contributed by atoms with Crippen LogP contribution in [0, 0.1) is 29.6 Å². The van der Waals surface area contributed by atoms with Crippen LogP contribution < -0.4 is 5.32 Å². The molecule has 2 unspecified atom stereocenters. The summed E-state index contributed by atoms with van der Waals surface area (Å²) >= 11 is 0. The molecule has 0 amide bonds. The summed E-state index contributed by atoms with van der Waals surface area (Å²) in [5.74, 6) is 2.80. The van der Waals surface area contributed by atoms with E-state index in [0.29, 0.717) is 0 Å². The van der Waals surface area contributed by atoms with Crippen LogP contribution in [0.1, 0.15) is 12.8 Å². The van der Waals surface area contributed by atoms with E-state index in [9.17, 15) is 0 Å². The molecule has 1 N–H and O–H groups in total. The van der Waals surface area contributed by atoms with Crippen molar-refractivity contribution in [2.24, 2.45) is 5.92 Å². The lowest BCUT2D eigenvalue weighted by Crippen LogP contribution is -2.37. The van der Waals surface area contributed by atoms with Crippen molar-refractivity contribution in [3.05, 3.63) is 0 Å². The fourth-order valence-electron chi connectivity index (χ4n) is 1.11. The molecule has 0 aliphatic carbocycles. The highest BCUT2D eigenvalue weighted by Gasteiger charge is 2.17. The summed E-state index contributed by atoms with van der Waals surface area (Å²) in [6.45, 7) is 0.755. The molecule has 52 valence electrons. The molecule has 0 saturated carbocycles. The normalized spacial score (nSPS) is 32.2. The summed E-state index contributed by atoms with van der Waals surface area (Å²) in [5.41, 5.74) is 0. The number of nitriles is 1. The Balaban J connectivity index is 2.34. The molecule has 0 bridgehead atoms.